The number of carbonyl (C=O) groups is 1. The Morgan fingerprint density at radius 1 is 0.906 bits per heavy atom. The third-order valence-electron chi connectivity index (χ3n) is 4.41. The van der Waals surface area contributed by atoms with Gasteiger partial charge in [0.2, 0.25) is 0 Å². The van der Waals surface area contributed by atoms with Crippen LogP contribution in [-0.2, 0) is 10.0 Å². The Labute approximate surface area is 198 Å². The van der Waals surface area contributed by atoms with Gasteiger partial charge in [-0.05, 0) is 42.5 Å². The van der Waals surface area contributed by atoms with E-state index in [-0.39, 0.29) is 10.8 Å². The van der Waals surface area contributed by atoms with Crippen molar-refractivity contribution in [3.8, 4) is 11.3 Å². The minimum Gasteiger partial charge on any atom is -0.298 e. The van der Waals surface area contributed by atoms with Crippen LogP contribution in [0.3, 0.4) is 0 Å². The first-order valence-corrected chi connectivity index (χ1v) is 12.3. The van der Waals surface area contributed by atoms with Crippen LogP contribution in [0, 0.1) is 0 Å². The highest BCUT2D eigenvalue weighted by molar-refractivity contribution is 7.92. The summed E-state index contributed by atoms with van der Waals surface area (Å²) in [5.41, 5.74) is 1.78. The fraction of sp³-hybridized carbons (Fsp3) is 0. The lowest BCUT2D eigenvalue weighted by Crippen LogP contribution is -2.13. The number of hydrogen-bond acceptors (Lipinski definition) is 5. The van der Waals surface area contributed by atoms with Crippen molar-refractivity contribution in [2.75, 3.05) is 10.0 Å². The van der Waals surface area contributed by atoms with E-state index in [2.05, 4.69) is 15.0 Å². The van der Waals surface area contributed by atoms with Gasteiger partial charge in [-0.25, -0.2) is 13.4 Å². The molecule has 0 unspecified atom stereocenters. The van der Waals surface area contributed by atoms with Crippen LogP contribution >= 0.6 is 34.5 Å². The van der Waals surface area contributed by atoms with E-state index in [9.17, 15) is 13.2 Å². The Kier molecular flexibility index (Phi) is 6.48. The van der Waals surface area contributed by atoms with Crippen LogP contribution in [0.25, 0.3) is 11.3 Å². The van der Waals surface area contributed by atoms with Crippen LogP contribution in [0.2, 0.25) is 10.0 Å². The maximum atomic E-state index is 12.8. The molecule has 4 rings (SSSR count). The highest BCUT2D eigenvalue weighted by atomic mass is 35.5. The van der Waals surface area contributed by atoms with Gasteiger partial charge < -0.3 is 0 Å². The second kappa shape index (κ2) is 9.30. The Bertz CT molecular complexity index is 1390. The molecule has 0 atom stereocenters. The fourth-order valence-corrected chi connectivity index (χ4v) is 5.01. The maximum Gasteiger partial charge on any atom is 0.261 e. The molecule has 1 amide bonds. The van der Waals surface area contributed by atoms with Crippen molar-refractivity contribution in [3.63, 3.8) is 0 Å². The van der Waals surface area contributed by atoms with Gasteiger partial charge in [0.15, 0.2) is 5.13 Å². The first-order chi connectivity index (χ1) is 15.3. The summed E-state index contributed by atoms with van der Waals surface area (Å²) in [5.74, 6) is -0.381. The maximum absolute atomic E-state index is 12.8. The van der Waals surface area contributed by atoms with Crippen molar-refractivity contribution in [2.45, 2.75) is 4.90 Å². The molecule has 0 saturated carbocycles. The molecule has 1 aromatic heterocycles. The van der Waals surface area contributed by atoms with Crippen molar-refractivity contribution >= 4 is 61.3 Å². The largest absolute Gasteiger partial charge is 0.298 e. The highest BCUT2D eigenvalue weighted by Crippen LogP contribution is 2.32. The monoisotopic (exact) mass is 503 g/mol. The number of para-hydroxylation sites is 1. The van der Waals surface area contributed by atoms with E-state index in [0.29, 0.717) is 37.7 Å². The molecule has 6 nitrogen and oxygen atoms in total. The molecule has 162 valence electrons. The SMILES string of the molecule is O=C(Nc1nc(-c2ccccc2NS(=O)(=O)c2ccc(Cl)cc2)cs1)c1ccccc1Cl. The number of benzene rings is 3. The number of nitrogens with zero attached hydrogens (tertiary/aromatic N) is 1. The van der Waals surface area contributed by atoms with Crippen LogP contribution in [0.4, 0.5) is 10.8 Å². The number of anilines is 2. The molecule has 0 aliphatic heterocycles. The number of halogens is 2. The lowest BCUT2D eigenvalue weighted by atomic mass is 10.1. The Morgan fingerprint density at radius 3 is 2.34 bits per heavy atom. The minimum atomic E-state index is -3.83. The van der Waals surface area contributed by atoms with E-state index >= 15 is 0 Å². The molecule has 10 heteroatoms. The van der Waals surface area contributed by atoms with Crippen LogP contribution in [-0.4, -0.2) is 19.3 Å². The number of hydrogen-bond donors (Lipinski definition) is 2. The number of thiazole rings is 1. The molecule has 0 radical (unpaired) electrons. The lowest BCUT2D eigenvalue weighted by Gasteiger charge is -2.11. The van der Waals surface area contributed by atoms with Gasteiger partial charge in [0.25, 0.3) is 15.9 Å². The molecule has 1 heterocycles. The Hall–Kier alpha value is -2.91. The molecule has 0 spiro atoms. The van der Waals surface area contributed by atoms with Crippen LogP contribution in [0.1, 0.15) is 10.4 Å². The zero-order chi connectivity index (χ0) is 22.7. The summed E-state index contributed by atoms with van der Waals surface area (Å²) in [6, 6.07) is 19.5. The van der Waals surface area contributed by atoms with Gasteiger partial charge in [-0.1, -0.05) is 53.5 Å². The van der Waals surface area contributed by atoms with Crippen LogP contribution < -0.4 is 10.0 Å². The summed E-state index contributed by atoms with van der Waals surface area (Å²) in [4.78, 5) is 17.0. The van der Waals surface area contributed by atoms with Crippen LogP contribution in [0.5, 0.6) is 0 Å². The van der Waals surface area contributed by atoms with E-state index in [1.54, 1.807) is 53.9 Å². The van der Waals surface area contributed by atoms with Gasteiger partial charge in [0, 0.05) is 16.0 Å². The molecular formula is C22H15Cl2N3O3S2. The first kappa shape index (κ1) is 22.3. The Morgan fingerprint density at radius 2 is 1.59 bits per heavy atom. The smallest absolute Gasteiger partial charge is 0.261 e. The molecule has 4 aromatic rings. The summed E-state index contributed by atoms with van der Waals surface area (Å²) in [6.07, 6.45) is 0. The molecule has 0 aliphatic rings. The van der Waals surface area contributed by atoms with Gasteiger partial charge in [-0.15, -0.1) is 11.3 Å². The molecule has 32 heavy (non-hydrogen) atoms. The third-order valence-corrected chi connectivity index (χ3v) is 7.14. The average Bonchev–Trinajstić information content (AvgIpc) is 3.22. The molecule has 0 aliphatic carbocycles. The summed E-state index contributed by atoms with van der Waals surface area (Å²) in [5, 5.41) is 5.60. The number of aromatic nitrogens is 1. The molecule has 3 aromatic carbocycles. The van der Waals surface area contributed by atoms with E-state index in [1.807, 2.05) is 0 Å². The van der Waals surface area contributed by atoms with Crippen molar-refractivity contribution in [1.82, 2.24) is 4.98 Å². The fourth-order valence-electron chi connectivity index (χ4n) is 2.88. The normalized spacial score (nSPS) is 11.2. The zero-order valence-corrected chi connectivity index (χ0v) is 19.4. The molecule has 0 bridgehead atoms. The predicted molar refractivity (Wildman–Crippen MR) is 129 cm³/mol. The number of rotatable bonds is 6. The van der Waals surface area contributed by atoms with Gasteiger partial charge >= 0.3 is 0 Å². The molecule has 0 saturated heterocycles. The van der Waals surface area contributed by atoms with E-state index in [0.717, 1.165) is 0 Å². The third kappa shape index (κ3) is 4.94. The molecule has 0 fully saturated rings. The molecular weight excluding hydrogens is 489 g/mol. The topological polar surface area (TPSA) is 88.2 Å². The standard InChI is InChI=1S/C22H15Cl2N3O3S2/c23-14-9-11-15(12-10-14)32(29,30)27-19-8-4-2-6-17(19)20-13-31-22(25-20)26-21(28)16-5-1-3-7-18(16)24/h1-13,27H,(H,25,26,28). The van der Waals surface area contributed by atoms with E-state index < -0.39 is 10.0 Å². The first-order valence-electron chi connectivity index (χ1n) is 9.23. The average molecular weight is 504 g/mol. The second-order valence-electron chi connectivity index (χ2n) is 6.58. The Balaban J connectivity index is 1.58. The van der Waals surface area contributed by atoms with Crippen molar-refractivity contribution < 1.29 is 13.2 Å². The van der Waals surface area contributed by atoms with Gasteiger partial charge in [0.05, 0.1) is 26.9 Å². The number of nitrogens with one attached hydrogen (secondary N) is 2. The number of carbonyl (C=O) groups excluding carboxylic acids is 1. The zero-order valence-electron chi connectivity index (χ0n) is 16.2. The minimum absolute atomic E-state index is 0.0858. The summed E-state index contributed by atoms with van der Waals surface area (Å²) in [7, 11) is -3.83. The summed E-state index contributed by atoms with van der Waals surface area (Å²) < 4.78 is 28.2. The lowest BCUT2D eigenvalue weighted by molar-refractivity contribution is 0.102. The van der Waals surface area contributed by atoms with E-state index in [4.69, 9.17) is 23.2 Å². The van der Waals surface area contributed by atoms with Crippen molar-refractivity contribution in [3.05, 3.63) is 93.8 Å². The summed E-state index contributed by atoms with van der Waals surface area (Å²) >= 11 is 13.2. The van der Waals surface area contributed by atoms with Crippen molar-refractivity contribution in [2.24, 2.45) is 0 Å². The second-order valence-corrected chi connectivity index (χ2v) is 9.96. The van der Waals surface area contributed by atoms with Crippen molar-refractivity contribution in [1.29, 1.82) is 0 Å². The van der Waals surface area contributed by atoms with Crippen LogP contribution in [0.15, 0.2) is 83.1 Å². The quantitative estimate of drug-likeness (QED) is 0.329. The van der Waals surface area contributed by atoms with Gasteiger partial charge in [-0.3, -0.25) is 14.8 Å². The highest BCUT2D eigenvalue weighted by Gasteiger charge is 2.18. The molecule has 2 N–H and O–H groups in total. The van der Waals surface area contributed by atoms with Gasteiger partial charge in [-0.2, -0.15) is 0 Å². The number of sulfonamides is 1. The number of amides is 1. The summed E-state index contributed by atoms with van der Waals surface area (Å²) in [6.45, 7) is 0. The van der Waals surface area contributed by atoms with E-state index in [1.165, 1.54) is 35.6 Å². The van der Waals surface area contributed by atoms with Gasteiger partial charge in [0.1, 0.15) is 0 Å². The predicted octanol–water partition coefficient (Wildman–Crippen LogP) is 6.17.